The van der Waals surface area contributed by atoms with Gasteiger partial charge in [0.15, 0.2) is 6.10 Å². The Hall–Kier alpha value is -3.99. The van der Waals surface area contributed by atoms with Gasteiger partial charge in [-0.2, -0.15) is 0 Å². The molecule has 11 heteroatoms. The highest BCUT2D eigenvalue weighted by Crippen LogP contribution is 2.34. The number of fused-ring (bicyclic) bond motifs is 4. The number of hydrazine groups is 2. The van der Waals surface area contributed by atoms with Crippen molar-refractivity contribution in [1.82, 2.24) is 26.2 Å². The third kappa shape index (κ3) is 6.41. The van der Waals surface area contributed by atoms with Gasteiger partial charge < -0.3 is 10.1 Å². The van der Waals surface area contributed by atoms with Crippen LogP contribution in [0.4, 0.5) is 5.82 Å². The summed E-state index contributed by atoms with van der Waals surface area (Å²) in [5, 5.41) is 6.82. The highest BCUT2D eigenvalue weighted by Gasteiger charge is 2.43. The number of ether oxygens (including phenoxy) is 1. The molecule has 5 bridgehead atoms. The lowest BCUT2D eigenvalue weighted by Crippen LogP contribution is -2.63. The molecule has 3 aliphatic rings. The number of cyclic esters (lactones) is 1. The summed E-state index contributed by atoms with van der Waals surface area (Å²) in [7, 11) is 1.72. The van der Waals surface area contributed by atoms with Gasteiger partial charge in [0.05, 0.1) is 10.9 Å². The van der Waals surface area contributed by atoms with Crippen LogP contribution in [0.2, 0.25) is 0 Å². The Morgan fingerprint density at radius 1 is 1.02 bits per heavy atom. The molecule has 1 saturated heterocycles. The highest BCUT2D eigenvalue weighted by molar-refractivity contribution is 5.92. The van der Waals surface area contributed by atoms with Gasteiger partial charge in [0.25, 0.3) is 17.7 Å². The topological polar surface area (TPSA) is 133 Å². The second-order valence-corrected chi connectivity index (χ2v) is 12.4. The molecule has 5 rings (SSSR count). The number of nitrogens with zero attached hydrogens (tertiary/aromatic N) is 3. The van der Waals surface area contributed by atoms with Crippen LogP contribution >= 0.6 is 0 Å². The maximum absolute atomic E-state index is 13.7. The summed E-state index contributed by atoms with van der Waals surface area (Å²) < 4.78 is 5.79. The first-order valence-electron chi connectivity index (χ1n) is 14.7. The van der Waals surface area contributed by atoms with E-state index in [2.05, 4.69) is 16.2 Å². The summed E-state index contributed by atoms with van der Waals surface area (Å²) >= 11 is 0. The SMILES string of the molecule is CC(C)[C@@H]1OC(=O)C(C)(C)/C=C/c2ccc3ccc(nc3c2)N(C)NC(=O)[C@@H]2CCCN(N2)C(=O)[C@H](C2CC2)NC1=O. The van der Waals surface area contributed by atoms with Crippen molar-refractivity contribution >= 4 is 46.5 Å². The molecule has 3 heterocycles. The van der Waals surface area contributed by atoms with Gasteiger partial charge in [-0.15, -0.1) is 0 Å². The van der Waals surface area contributed by atoms with Gasteiger partial charge in [-0.1, -0.05) is 38.1 Å². The highest BCUT2D eigenvalue weighted by atomic mass is 16.5. The van der Waals surface area contributed by atoms with Crippen LogP contribution in [0.1, 0.15) is 58.9 Å². The summed E-state index contributed by atoms with van der Waals surface area (Å²) in [6.45, 7) is 7.49. The molecule has 3 atom stereocenters. The number of hydrogen-bond acceptors (Lipinski definition) is 8. The zero-order valence-electron chi connectivity index (χ0n) is 24.8. The van der Waals surface area contributed by atoms with E-state index in [1.54, 1.807) is 45.8 Å². The number of benzene rings is 1. The molecule has 1 aliphatic carbocycles. The average molecular weight is 577 g/mol. The number of aromatic nitrogens is 1. The predicted molar refractivity (Wildman–Crippen MR) is 158 cm³/mol. The third-order valence-corrected chi connectivity index (χ3v) is 8.07. The number of carbonyl (C=O) groups excluding carboxylic acids is 4. The molecule has 0 spiro atoms. The van der Waals surface area contributed by atoms with Crippen molar-refractivity contribution in [1.29, 1.82) is 0 Å². The maximum Gasteiger partial charge on any atom is 0.316 e. The van der Waals surface area contributed by atoms with Gasteiger partial charge in [0, 0.05) is 19.0 Å². The van der Waals surface area contributed by atoms with E-state index in [1.807, 2.05) is 36.4 Å². The number of amides is 3. The van der Waals surface area contributed by atoms with Crippen LogP contribution in [0, 0.1) is 17.3 Å². The van der Waals surface area contributed by atoms with Gasteiger partial charge >= 0.3 is 5.97 Å². The molecule has 2 aliphatic heterocycles. The lowest BCUT2D eigenvalue weighted by Gasteiger charge is -2.36. The number of hydrogen-bond donors (Lipinski definition) is 3. The summed E-state index contributed by atoms with van der Waals surface area (Å²) in [5.74, 6) is -1.41. The summed E-state index contributed by atoms with van der Waals surface area (Å²) in [6.07, 6.45) is 5.29. The Morgan fingerprint density at radius 2 is 1.76 bits per heavy atom. The molecule has 224 valence electrons. The van der Waals surface area contributed by atoms with E-state index in [0.29, 0.717) is 25.2 Å². The lowest BCUT2D eigenvalue weighted by atomic mass is 9.92. The number of carbonyl (C=O) groups is 4. The number of esters is 1. The zero-order valence-corrected chi connectivity index (χ0v) is 24.8. The molecule has 2 aromatic rings. The van der Waals surface area contributed by atoms with Crippen molar-refractivity contribution in [3.63, 3.8) is 0 Å². The molecule has 0 radical (unpaired) electrons. The number of pyridine rings is 1. The molecule has 0 unspecified atom stereocenters. The molecular weight excluding hydrogens is 536 g/mol. The van der Waals surface area contributed by atoms with E-state index in [9.17, 15) is 19.2 Å². The third-order valence-electron chi connectivity index (χ3n) is 8.07. The van der Waals surface area contributed by atoms with Crippen LogP contribution < -0.4 is 21.2 Å². The summed E-state index contributed by atoms with van der Waals surface area (Å²) in [4.78, 5) is 58.5. The van der Waals surface area contributed by atoms with Crippen molar-refractivity contribution in [2.45, 2.75) is 71.6 Å². The average Bonchev–Trinajstić information content (AvgIpc) is 3.81. The van der Waals surface area contributed by atoms with Crippen LogP contribution in [-0.2, 0) is 23.9 Å². The van der Waals surface area contributed by atoms with E-state index in [0.717, 1.165) is 29.3 Å². The van der Waals surface area contributed by atoms with Gasteiger partial charge in [0.2, 0.25) is 0 Å². The minimum absolute atomic E-state index is 0.0101. The molecule has 42 heavy (non-hydrogen) atoms. The predicted octanol–water partition coefficient (Wildman–Crippen LogP) is 2.71. The summed E-state index contributed by atoms with van der Waals surface area (Å²) in [5.41, 5.74) is 6.48. The number of nitrogens with one attached hydrogen (secondary N) is 3. The Balaban J connectivity index is 1.50. The molecule has 1 aromatic heterocycles. The van der Waals surface area contributed by atoms with Crippen molar-refractivity contribution in [2.24, 2.45) is 17.3 Å². The number of rotatable bonds is 2. The first-order chi connectivity index (χ1) is 19.9. The van der Waals surface area contributed by atoms with Crippen LogP contribution in [0.5, 0.6) is 0 Å². The molecule has 2 fully saturated rings. The zero-order chi connectivity index (χ0) is 30.2. The lowest BCUT2D eigenvalue weighted by molar-refractivity contribution is -0.165. The van der Waals surface area contributed by atoms with Crippen LogP contribution in [0.25, 0.3) is 17.0 Å². The smallest absolute Gasteiger partial charge is 0.316 e. The molecule has 3 N–H and O–H groups in total. The van der Waals surface area contributed by atoms with Crippen molar-refractivity contribution in [3.05, 3.63) is 42.0 Å². The van der Waals surface area contributed by atoms with Crippen molar-refractivity contribution in [2.75, 3.05) is 18.6 Å². The largest absolute Gasteiger partial charge is 0.451 e. The van der Waals surface area contributed by atoms with Gasteiger partial charge in [-0.25, -0.2) is 10.4 Å². The Kier molecular flexibility index (Phi) is 8.23. The fourth-order valence-electron chi connectivity index (χ4n) is 5.19. The molecule has 11 nitrogen and oxygen atoms in total. The van der Waals surface area contributed by atoms with Crippen molar-refractivity contribution in [3.8, 4) is 0 Å². The fourth-order valence-corrected chi connectivity index (χ4v) is 5.19. The second kappa shape index (κ2) is 11.7. The molecular formula is C31H40N6O5. The monoisotopic (exact) mass is 576 g/mol. The molecule has 3 amide bonds. The van der Waals surface area contributed by atoms with Crippen LogP contribution in [-0.4, -0.2) is 65.5 Å². The Bertz CT molecular complexity index is 1420. The molecule has 1 saturated carbocycles. The maximum atomic E-state index is 13.7. The van der Waals surface area contributed by atoms with E-state index in [1.165, 1.54) is 5.01 Å². The van der Waals surface area contributed by atoms with Gasteiger partial charge in [-0.3, -0.25) is 34.6 Å². The van der Waals surface area contributed by atoms with Gasteiger partial charge in [-0.05, 0) is 75.1 Å². The van der Waals surface area contributed by atoms with E-state index < -0.39 is 35.5 Å². The van der Waals surface area contributed by atoms with E-state index in [4.69, 9.17) is 9.72 Å². The minimum Gasteiger partial charge on any atom is -0.451 e. The quantitative estimate of drug-likeness (QED) is 0.465. The van der Waals surface area contributed by atoms with Gasteiger partial charge in [0.1, 0.15) is 17.9 Å². The number of anilines is 1. The molecule has 1 aromatic carbocycles. The van der Waals surface area contributed by atoms with Crippen molar-refractivity contribution < 1.29 is 23.9 Å². The Morgan fingerprint density at radius 3 is 2.48 bits per heavy atom. The first kappa shape index (κ1) is 29.5. The first-order valence-corrected chi connectivity index (χ1v) is 14.7. The normalized spacial score (nSPS) is 26.6. The Labute approximate surface area is 246 Å². The minimum atomic E-state index is -1.07. The van der Waals surface area contributed by atoms with Crippen LogP contribution in [0.15, 0.2) is 36.4 Å². The second-order valence-electron chi connectivity index (χ2n) is 12.4. The summed E-state index contributed by atoms with van der Waals surface area (Å²) in [6, 6.07) is 8.12. The van der Waals surface area contributed by atoms with Crippen LogP contribution in [0.3, 0.4) is 0 Å². The van der Waals surface area contributed by atoms with E-state index in [-0.39, 0.29) is 23.7 Å². The fraction of sp³-hybridized carbons (Fsp3) is 0.516. The standard InChI is InChI=1S/C31H40N6O5/c1-18(2)26-28(39)33-25(21-10-11-21)29(40)37-16-6-7-22(34-37)27(38)35-36(5)24-13-12-20-9-8-19(17-23(20)32-24)14-15-31(3,4)30(41)42-26/h8-9,12-15,17-18,21-22,25-26,34H,6-7,10-11,16H2,1-5H3,(H,33,39)(H,35,38)/b15-14+/t22-,25-,26-/m0/s1. The van der Waals surface area contributed by atoms with E-state index >= 15 is 0 Å².